The minimum atomic E-state index is -3.61. The van der Waals surface area contributed by atoms with Gasteiger partial charge in [-0.05, 0) is 49.3 Å². The van der Waals surface area contributed by atoms with Crippen LogP contribution in [0.4, 0.5) is 0 Å². The third kappa shape index (κ3) is 4.33. The van der Waals surface area contributed by atoms with Gasteiger partial charge in [0.1, 0.15) is 0 Å². The third-order valence-corrected chi connectivity index (χ3v) is 7.35. The number of carbonyl (C=O) groups excluding carboxylic acids is 1. The molecule has 2 unspecified atom stereocenters. The van der Waals surface area contributed by atoms with Gasteiger partial charge in [0, 0.05) is 37.7 Å². The van der Waals surface area contributed by atoms with Crippen LogP contribution in [-0.4, -0.2) is 49.7 Å². The predicted molar refractivity (Wildman–Crippen MR) is 102 cm³/mol. The second kappa shape index (κ2) is 7.99. The number of nitrogens with zero attached hydrogens (tertiary/aromatic N) is 3. The van der Waals surface area contributed by atoms with Crippen molar-refractivity contribution < 1.29 is 13.2 Å². The molecule has 146 valence electrons. The monoisotopic (exact) mass is 389 g/mol. The molecule has 0 N–H and O–H groups in total. The maximum Gasteiger partial charge on any atom is 0.253 e. The fourth-order valence-corrected chi connectivity index (χ4v) is 5.86. The highest BCUT2D eigenvalue weighted by Gasteiger charge is 2.32. The molecule has 2 aliphatic rings. The van der Waals surface area contributed by atoms with Gasteiger partial charge in [-0.3, -0.25) is 4.79 Å². The predicted octanol–water partition coefficient (Wildman–Crippen LogP) is 2.73. The second-order valence-electron chi connectivity index (χ2n) is 7.99. The molecule has 0 saturated carbocycles. The zero-order chi connectivity index (χ0) is 19.6. The summed E-state index contributed by atoms with van der Waals surface area (Å²) in [5.74, 6) is 0.497. The SMILES string of the molecule is CC1CC(C)CN(S(=O)(=O)c2cccc(C(=O)N3CCC(C#N)CC3)c2)C1. The molecule has 7 heteroatoms. The van der Waals surface area contributed by atoms with Crippen molar-refractivity contribution >= 4 is 15.9 Å². The van der Waals surface area contributed by atoms with Crippen LogP contribution in [0.1, 0.15) is 43.5 Å². The highest BCUT2D eigenvalue weighted by atomic mass is 32.2. The Morgan fingerprint density at radius 3 is 2.37 bits per heavy atom. The zero-order valence-corrected chi connectivity index (χ0v) is 16.8. The number of rotatable bonds is 3. The summed E-state index contributed by atoms with van der Waals surface area (Å²) >= 11 is 0. The van der Waals surface area contributed by atoms with Crippen LogP contribution >= 0.6 is 0 Å². The number of benzene rings is 1. The van der Waals surface area contributed by atoms with Crippen LogP contribution in [0.5, 0.6) is 0 Å². The molecule has 6 nitrogen and oxygen atoms in total. The minimum absolute atomic E-state index is 0.00356. The Morgan fingerprint density at radius 2 is 1.78 bits per heavy atom. The normalized spacial score (nSPS) is 25.1. The van der Waals surface area contributed by atoms with Crippen LogP contribution in [0.3, 0.4) is 0 Å². The van der Waals surface area contributed by atoms with E-state index in [1.807, 2.05) is 0 Å². The topological polar surface area (TPSA) is 81.5 Å². The number of piperidine rings is 2. The molecule has 1 amide bonds. The second-order valence-corrected chi connectivity index (χ2v) is 9.93. The Morgan fingerprint density at radius 1 is 1.15 bits per heavy atom. The third-order valence-electron chi connectivity index (χ3n) is 5.52. The van der Waals surface area contributed by atoms with Crippen molar-refractivity contribution in [3.05, 3.63) is 29.8 Å². The van der Waals surface area contributed by atoms with E-state index in [9.17, 15) is 13.2 Å². The van der Waals surface area contributed by atoms with Crippen LogP contribution in [-0.2, 0) is 10.0 Å². The van der Waals surface area contributed by atoms with Crippen molar-refractivity contribution in [3.8, 4) is 6.07 Å². The van der Waals surface area contributed by atoms with Crippen molar-refractivity contribution in [1.82, 2.24) is 9.21 Å². The van der Waals surface area contributed by atoms with Crippen LogP contribution < -0.4 is 0 Å². The minimum Gasteiger partial charge on any atom is -0.339 e. The summed E-state index contributed by atoms with van der Waals surface area (Å²) in [4.78, 5) is 14.7. The molecule has 2 saturated heterocycles. The Bertz CT molecular complexity index is 828. The van der Waals surface area contributed by atoms with Crippen molar-refractivity contribution in [3.63, 3.8) is 0 Å². The van der Waals surface area contributed by atoms with E-state index in [4.69, 9.17) is 5.26 Å². The molecule has 0 bridgehead atoms. The summed E-state index contributed by atoms with van der Waals surface area (Å²) in [6.07, 6.45) is 2.37. The maximum atomic E-state index is 13.1. The number of likely N-dealkylation sites (tertiary alicyclic amines) is 1. The first-order chi connectivity index (χ1) is 12.8. The van der Waals surface area contributed by atoms with E-state index in [1.54, 1.807) is 27.4 Å². The summed E-state index contributed by atoms with van der Waals surface area (Å²) in [5.41, 5.74) is 0.393. The largest absolute Gasteiger partial charge is 0.339 e. The maximum absolute atomic E-state index is 13.1. The van der Waals surface area contributed by atoms with E-state index in [0.29, 0.717) is 56.4 Å². The number of hydrogen-bond donors (Lipinski definition) is 0. The van der Waals surface area contributed by atoms with Gasteiger partial charge in [-0.1, -0.05) is 19.9 Å². The van der Waals surface area contributed by atoms with Crippen molar-refractivity contribution in [2.45, 2.75) is 38.0 Å². The van der Waals surface area contributed by atoms with Gasteiger partial charge in [0.2, 0.25) is 10.0 Å². The standard InChI is InChI=1S/C20H27N3O3S/c1-15-10-16(2)14-23(13-15)27(25,26)19-5-3-4-18(11-19)20(24)22-8-6-17(12-21)7-9-22/h3-5,11,15-17H,6-10,13-14H2,1-2H3. The van der Waals surface area contributed by atoms with E-state index in [-0.39, 0.29) is 16.7 Å². The first-order valence-corrected chi connectivity index (χ1v) is 11.0. The van der Waals surface area contributed by atoms with E-state index in [0.717, 1.165) is 6.42 Å². The molecular weight excluding hydrogens is 362 g/mol. The lowest BCUT2D eigenvalue weighted by Gasteiger charge is -2.34. The Hall–Kier alpha value is -1.91. The van der Waals surface area contributed by atoms with E-state index >= 15 is 0 Å². The summed E-state index contributed by atoms with van der Waals surface area (Å²) in [6.45, 7) is 6.26. The molecule has 2 fully saturated rings. The molecule has 2 aliphatic heterocycles. The van der Waals surface area contributed by atoms with Gasteiger partial charge < -0.3 is 4.90 Å². The van der Waals surface area contributed by atoms with Gasteiger partial charge in [-0.15, -0.1) is 0 Å². The number of carbonyl (C=O) groups is 1. The molecule has 2 heterocycles. The average molecular weight is 390 g/mol. The Labute approximate surface area is 161 Å². The lowest BCUT2D eigenvalue weighted by molar-refractivity contribution is 0.0707. The molecule has 3 rings (SSSR count). The van der Waals surface area contributed by atoms with Gasteiger partial charge >= 0.3 is 0 Å². The molecule has 0 radical (unpaired) electrons. The van der Waals surface area contributed by atoms with Gasteiger partial charge in [0.25, 0.3) is 5.91 Å². The fourth-order valence-electron chi connectivity index (χ4n) is 4.13. The Balaban J connectivity index is 1.79. The number of sulfonamides is 1. The molecule has 27 heavy (non-hydrogen) atoms. The molecule has 2 atom stereocenters. The van der Waals surface area contributed by atoms with Crippen LogP contribution in [0.25, 0.3) is 0 Å². The van der Waals surface area contributed by atoms with Crippen molar-refractivity contribution in [2.75, 3.05) is 26.2 Å². The number of amides is 1. The number of hydrogen-bond acceptors (Lipinski definition) is 4. The first-order valence-electron chi connectivity index (χ1n) is 9.60. The van der Waals surface area contributed by atoms with Crippen LogP contribution in [0.15, 0.2) is 29.2 Å². The summed E-state index contributed by atoms with van der Waals surface area (Å²) in [5, 5.41) is 9.00. The zero-order valence-electron chi connectivity index (χ0n) is 16.0. The van der Waals surface area contributed by atoms with E-state index in [1.165, 1.54) is 6.07 Å². The summed E-state index contributed by atoms with van der Waals surface area (Å²) in [6, 6.07) is 8.62. The van der Waals surface area contributed by atoms with Crippen LogP contribution in [0.2, 0.25) is 0 Å². The summed E-state index contributed by atoms with van der Waals surface area (Å²) in [7, 11) is -3.61. The van der Waals surface area contributed by atoms with Gasteiger partial charge in [0.05, 0.1) is 11.0 Å². The van der Waals surface area contributed by atoms with Gasteiger partial charge in [-0.25, -0.2) is 8.42 Å². The molecule has 0 aliphatic carbocycles. The first kappa shape index (κ1) is 19.8. The lowest BCUT2D eigenvalue weighted by atomic mass is 9.94. The average Bonchev–Trinajstić information content (AvgIpc) is 2.67. The van der Waals surface area contributed by atoms with Crippen molar-refractivity contribution in [2.24, 2.45) is 17.8 Å². The molecule has 1 aromatic carbocycles. The fraction of sp³-hybridized carbons (Fsp3) is 0.600. The van der Waals surface area contributed by atoms with Crippen molar-refractivity contribution in [1.29, 1.82) is 5.26 Å². The highest BCUT2D eigenvalue weighted by Crippen LogP contribution is 2.27. The smallest absolute Gasteiger partial charge is 0.253 e. The molecule has 0 spiro atoms. The van der Waals surface area contributed by atoms with E-state index in [2.05, 4.69) is 19.9 Å². The lowest BCUT2D eigenvalue weighted by Crippen LogP contribution is -2.42. The quantitative estimate of drug-likeness (QED) is 0.796. The molecular formula is C20H27N3O3S. The Kier molecular flexibility index (Phi) is 5.87. The van der Waals surface area contributed by atoms with Gasteiger partial charge in [-0.2, -0.15) is 9.57 Å². The highest BCUT2D eigenvalue weighted by molar-refractivity contribution is 7.89. The molecule has 1 aromatic rings. The van der Waals surface area contributed by atoms with Gasteiger partial charge in [0.15, 0.2) is 0 Å². The van der Waals surface area contributed by atoms with E-state index < -0.39 is 10.0 Å². The molecule has 0 aromatic heterocycles. The number of nitriles is 1. The van der Waals surface area contributed by atoms with Crippen LogP contribution in [0, 0.1) is 29.1 Å². The summed E-state index contributed by atoms with van der Waals surface area (Å²) < 4.78 is 27.7.